The zero-order valence-electron chi connectivity index (χ0n) is 12.0. The fourth-order valence-electron chi connectivity index (χ4n) is 2.24. The van der Waals surface area contributed by atoms with Crippen LogP contribution >= 0.6 is 11.3 Å². The highest BCUT2D eigenvalue weighted by molar-refractivity contribution is 7.11. The van der Waals surface area contributed by atoms with Crippen LogP contribution in [0.5, 0.6) is 0 Å². The summed E-state index contributed by atoms with van der Waals surface area (Å²) in [5.41, 5.74) is 1.92. The topological polar surface area (TPSA) is 63.6 Å². The highest BCUT2D eigenvalue weighted by atomic mass is 32.1. The Labute approximate surface area is 126 Å². The van der Waals surface area contributed by atoms with Gasteiger partial charge in [-0.1, -0.05) is 30.3 Å². The second-order valence-electron chi connectivity index (χ2n) is 4.94. The zero-order chi connectivity index (χ0) is 14.8. The van der Waals surface area contributed by atoms with E-state index in [1.165, 1.54) is 4.68 Å². The first-order valence-corrected chi connectivity index (χ1v) is 7.56. The Morgan fingerprint density at radius 3 is 2.67 bits per heavy atom. The molecule has 6 heteroatoms. The van der Waals surface area contributed by atoms with Gasteiger partial charge in [-0.05, 0) is 19.4 Å². The van der Waals surface area contributed by atoms with E-state index in [9.17, 15) is 4.79 Å². The van der Waals surface area contributed by atoms with E-state index in [4.69, 9.17) is 0 Å². The largest absolute Gasteiger partial charge is 0.343 e. The third-order valence-electron chi connectivity index (χ3n) is 3.23. The van der Waals surface area contributed by atoms with Crippen LogP contribution in [0, 0.1) is 13.8 Å². The van der Waals surface area contributed by atoms with E-state index >= 15 is 0 Å². The third kappa shape index (κ3) is 3.11. The van der Waals surface area contributed by atoms with Crippen LogP contribution in [0.3, 0.4) is 0 Å². The van der Waals surface area contributed by atoms with Crippen LogP contribution in [0.4, 0.5) is 0 Å². The standard InChI is InChI=1S/C15H16N4OS/c1-10-13(21-11(2)16-10)9-19-15(20)17-14(18-19)8-12-6-4-3-5-7-12/h3-7H,8-9H2,1-2H3,(H,17,18,20). The van der Waals surface area contributed by atoms with E-state index in [0.29, 0.717) is 18.8 Å². The molecule has 0 atom stereocenters. The number of nitrogens with zero attached hydrogens (tertiary/aromatic N) is 3. The minimum Gasteiger partial charge on any atom is -0.292 e. The molecule has 0 fully saturated rings. The van der Waals surface area contributed by atoms with Gasteiger partial charge in [-0.3, -0.25) is 4.98 Å². The molecule has 1 aromatic carbocycles. The molecule has 0 saturated heterocycles. The van der Waals surface area contributed by atoms with Gasteiger partial charge < -0.3 is 0 Å². The van der Waals surface area contributed by atoms with Gasteiger partial charge in [0.2, 0.25) is 0 Å². The van der Waals surface area contributed by atoms with E-state index in [1.54, 1.807) is 11.3 Å². The number of hydrogen-bond acceptors (Lipinski definition) is 4. The second-order valence-corrected chi connectivity index (χ2v) is 6.23. The van der Waals surface area contributed by atoms with Crippen molar-refractivity contribution in [3.05, 3.63) is 67.8 Å². The molecule has 0 aliphatic carbocycles. The summed E-state index contributed by atoms with van der Waals surface area (Å²) in [7, 11) is 0. The molecule has 2 aromatic heterocycles. The summed E-state index contributed by atoms with van der Waals surface area (Å²) in [6.07, 6.45) is 0.629. The van der Waals surface area contributed by atoms with Crippen molar-refractivity contribution >= 4 is 11.3 Å². The van der Waals surface area contributed by atoms with Crippen molar-refractivity contribution in [2.75, 3.05) is 0 Å². The molecule has 0 spiro atoms. The minimum atomic E-state index is -0.175. The number of hydrogen-bond donors (Lipinski definition) is 1. The van der Waals surface area contributed by atoms with Gasteiger partial charge in [-0.2, -0.15) is 5.10 Å². The van der Waals surface area contributed by atoms with Crippen molar-refractivity contribution < 1.29 is 0 Å². The Kier molecular flexibility index (Phi) is 3.70. The zero-order valence-corrected chi connectivity index (χ0v) is 12.8. The highest BCUT2D eigenvalue weighted by Gasteiger charge is 2.10. The summed E-state index contributed by atoms with van der Waals surface area (Å²) in [5.74, 6) is 0.685. The average Bonchev–Trinajstić information content (AvgIpc) is 2.94. The second kappa shape index (κ2) is 5.65. The first kappa shape index (κ1) is 13.8. The van der Waals surface area contributed by atoms with E-state index in [1.807, 2.05) is 44.2 Å². The molecule has 3 aromatic rings. The van der Waals surface area contributed by atoms with E-state index in [-0.39, 0.29) is 5.69 Å². The van der Waals surface area contributed by atoms with Crippen LogP contribution < -0.4 is 5.69 Å². The molecule has 0 saturated carbocycles. The van der Waals surface area contributed by atoms with Crippen molar-refractivity contribution in [1.82, 2.24) is 19.7 Å². The van der Waals surface area contributed by atoms with Crippen LogP contribution in [0.1, 0.15) is 27.0 Å². The molecule has 21 heavy (non-hydrogen) atoms. The molecule has 0 aliphatic rings. The summed E-state index contributed by atoms with van der Waals surface area (Å²) in [6, 6.07) is 9.98. The summed E-state index contributed by atoms with van der Waals surface area (Å²) in [4.78, 5) is 20.3. The monoisotopic (exact) mass is 300 g/mol. The van der Waals surface area contributed by atoms with Crippen LogP contribution in [-0.4, -0.2) is 19.7 Å². The molecule has 108 valence electrons. The lowest BCUT2D eigenvalue weighted by atomic mass is 10.1. The van der Waals surface area contributed by atoms with Gasteiger partial charge in [0.1, 0.15) is 5.82 Å². The number of aromatic nitrogens is 4. The van der Waals surface area contributed by atoms with Crippen LogP contribution in [0.2, 0.25) is 0 Å². The maximum absolute atomic E-state index is 12.0. The predicted molar refractivity (Wildman–Crippen MR) is 82.8 cm³/mol. The van der Waals surface area contributed by atoms with Crippen molar-refractivity contribution in [3.8, 4) is 0 Å². The highest BCUT2D eigenvalue weighted by Crippen LogP contribution is 2.17. The fourth-order valence-corrected chi connectivity index (χ4v) is 3.16. The minimum absolute atomic E-state index is 0.175. The SMILES string of the molecule is Cc1nc(C)c(Cn2nc(Cc3ccccc3)[nH]c2=O)s1. The number of thiazole rings is 1. The van der Waals surface area contributed by atoms with Gasteiger partial charge in [0.15, 0.2) is 0 Å². The molecule has 0 amide bonds. The molecule has 5 nitrogen and oxygen atoms in total. The fraction of sp³-hybridized carbons (Fsp3) is 0.267. The van der Waals surface area contributed by atoms with Gasteiger partial charge in [-0.25, -0.2) is 14.5 Å². The van der Waals surface area contributed by atoms with E-state index in [0.717, 1.165) is 21.1 Å². The van der Waals surface area contributed by atoms with Crippen molar-refractivity contribution in [2.24, 2.45) is 0 Å². The number of H-pyrrole nitrogens is 1. The first-order chi connectivity index (χ1) is 10.1. The van der Waals surface area contributed by atoms with E-state index in [2.05, 4.69) is 15.1 Å². The number of nitrogens with one attached hydrogen (secondary N) is 1. The first-order valence-electron chi connectivity index (χ1n) is 6.74. The molecule has 0 aliphatic heterocycles. The Bertz CT molecular complexity index is 801. The third-order valence-corrected chi connectivity index (χ3v) is 4.29. The smallest absolute Gasteiger partial charge is 0.292 e. The molecule has 0 bridgehead atoms. The van der Waals surface area contributed by atoms with Gasteiger partial charge in [-0.15, -0.1) is 11.3 Å². The quantitative estimate of drug-likeness (QED) is 0.804. The number of benzene rings is 1. The van der Waals surface area contributed by atoms with Gasteiger partial charge in [0.25, 0.3) is 0 Å². The Morgan fingerprint density at radius 2 is 2.00 bits per heavy atom. The molecular weight excluding hydrogens is 284 g/mol. The van der Waals surface area contributed by atoms with E-state index < -0.39 is 0 Å². The lowest BCUT2D eigenvalue weighted by Crippen LogP contribution is -2.18. The number of rotatable bonds is 4. The Hall–Kier alpha value is -2.21. The maximum atomic E-state index is 12.0. The molecule has 3 rings (SSSR count). The predicted octanol–water partition coefficient (Wildman–Crippen LogP) is 2.28. The number of aromatic amines is 1. The maximum Gasteiger partial charge on any atom is 0.343 e. The Morgan fingerprint density at radius 1 is 1.24 bits per heavy atom. The molecule has 2 heterocycles. The molecule has 0 unspecified atom stereocenters. The molecule has 0 radical (unpaired) electrons. The normalized spacial score (nSPS) is 11.0. The average molecular weight is 300 g/mol. The summed E-state index contributed by atoms with van der Waals surface area (Å²) in [6.45, 7) is 4.40. The summed E-state index contributed by atoms with van der Waals surface area (Å²) >= 11 is 1.61. The lowest BCUT2D eigenvalue weighted by molar-refractivity contribution is 0.655. The van der Waals surface area contributed by atoms with Gasteiger partial charge in [0.05, 0.1) is 17.2 Å². The van der Waals surface area contributed by atoms with Crippen molar-refractivity contribution in [2.45, 2.75) is 26.8 Å². The van der Waals surface area contributed by atoms with Gasteiger partial charge >= 0.3 is 5.69 Å². The molecular formula is C15H16N4OS. The summed E-state index contributed by atoms with van der Waals surface area (Å²) < 4.78 is 1.47. The molecule has 1 N–H and O–H groups in total. The van der Waals surface area contributed by atoms with Crippen LogP contribution in [0.15, 0.2) is 35.1 Å². The van der Waals surface area contributed by atoms with Crippen LogP contribution in [-0.2, 0) is 13.0 Å². The van der Waals surface area contributed by atoms with Gasteiger partial charge in [0, 0.05) is 11.3 Å². The van der Waals surface area contributed by atoms with Crippen molar-refractivity contribution in [3.63, 3.8) is 0 Å². The van der Waals surface area contributed by atoms with Crippen molar-refractivity contribution in [1.29, 1.82) is 0 Å². The Balaban J connectivity index is 1.82. The lowest BCUT2D eigenvalue weighted by Gasteiger charge is -1.98. The number of aryl methyl sites for hydroxylation is 2. The van der Waals surface area contributed by atoms with Crippen LogP contribution in [0.25, 0.3) is 0 Å². The summed E-state index contributed by atoms with van der Waals surface area (Å²) in [5, 5.41) is 5.39.